The van der Waals surface area contributed by atoms with E-state index in [-0.39, 0.29) is 5.78 Å². The van der Waals surface area contributed by atoms with Crippen LogP contribution in [0.3, 0.4) is 0 Å². The Bertz CT molecular complexity index is 345. The SMILES string of the molecule is CC(C)CCN(C)CCCC(=O)c1ccccc1. The van der Waals surface area contributed by atoms with Crippen molar-refractivity contribution in [2.75, 3.05) is 20.1 Å². The summed E-state index contributed by atoms with van der Waals surface area (Å²) in [5, 5.41) is 0. The van der Waals surface area contributed by atoms with Crippen LogP contribution in [-0.4, -0.2) is 30.8 Å². The standard InChI is InChI=1S/C16H25NO/c1-14(2)11-13-17(3)12-7-10-16(18)15-8-5-4-6-9-15/h4-6,8-9,14H,7,10-13H2,1-3H3. The topological polar surface area (TPSA) is 20.3 Å². The summed E-state index contributed by atoms with van der Waals surface area (Å²) in [4.78, 5) is 14.2. The predicted octanol–water partition coefficient (Wildman–Crippen LogP) is 3.63. The van der Waals surface area contributed by atoms with Crippen LogP contribution in [0, 0.1) is 5.92 Å². The Balaban J connectivity index is 2.20. The van der Waals surface area contributed by atoms with Crippen molar-refractivity contribution < 1.29 is 4.79 Å². The first-order chi connectivity index (χ1) is 8.59. The van der Waals surface area contributed by atoms with Gasteiger partial charge in [0, 0.05) is 12.0 Å². The molecule has 0 atom stereocenters. The molecule has 0 unspecified atom stereocenters. The van der Waals surface area contributed by atoms with Gasteiger partial charge in [-0.1, -0.05) is 44.2 Å². The van der Waals surface area contributed by atoms with E-state index >= 15 is 0 Å². The molecule has 0 aromatic heterocycles. The van der Waals surface area contributed by atoms with Gasteiger partial charge in [0.2, 0.25) is 0 Å². The van der Waals surface area contributed by atoms with E-state index < -0.39 is 0 Å². The van der Waals surface area contributed by atoms with Crippen LogP contribution in [0.2, 0.25) is 0 Å². The summed E-state index contributed by atoms with van der Waals surface area (Å²) in [6.07, 6.45) is 2.82. The third-order valence-electron chi connectivity index (χ3n) is 3.13. The van der Waals surface area contributed by atoms with E-state index in [1.54, 1.807) is 0 Å². The summed E-state index contributed by atoms with van der Waals surface area (Å²) in [6, 6.07) is 9.57. The summed E-state index contributed by atoms with van der Waals surface area (Å²) in [6.45, 7) is 6.61. The van der Waals surface area contributed by atoms with Crippen LogP contribution in [0.25, 0.3) is 0 Å². The molecule has 0 saturated heterocycles. The van der Waals surface area contributed by atoms with E-state index in [0.717, 1.165) is 31.0 Å². The Morgan fingerprint density at radius 2 is 1.83 bits per heavy atom. The number of Topliss-reactive ketones (excluding diaryl/α,β-unsaturated/α-hetero) is 1. The Morgan fingerprint density at radius 3 is 2.44 bits per heavy atom. The Hall–Kier alpha value is -1.15. The van der Waals surface area contributed by atoms with E-state index in [1.807, 2.05) is 30.3 Å². The third-order valence-corrected chi connectivity index (χ3v) is 3.13. The van der Waals surface area contributed by atoms with Crippen molar-refractivity contribution in [3.05, 3.63) is 35.9 Å². The molecular formula is C16H25NO. The summed E-state index contributed by atoms with van der Waals surface area (Å²) in [7, 11) is 2.13. The van der Waals surface area contributed by atoms with Gasteiger partial charge in [-0.2, -0.15) is 0 Å². The maximum atomic E-state index is 11.9. The monoisotopic (exact) mass is 247 g/mol. The Kier molecular flexibility index (Phi) is 6.66. The highest BCUT2D eigenvalue weighted by molar-refractivity contribution is 5.95. The number of benzene rings is 1. The lowest BCUT2D eigenvalue weighted by atomic mass is 10.1. The van der Waals surface area contributed by atoms with Gasteiger partial charge in [0.05, 0.1) is 0 Å². The minimum Gasteiger partial charge on any atom is -0.306 e. The second-order valence-electron chi connectivity index (χ2n) is 5.38. The zero-order chi connectivity index (χ0) is 13.4. The first-order valence-corrected chi connectivity index (χ1v) is 6.86. The number of ketones is 1. The molecule has 0 amide bonds. The van der Waals surface area contributed by atoms with Crippen molar-refractivity contribution >= 4 is 5.78 Å². The van der Waals surface area contributed by atoms with Gasteiger partial charge >= 0.3 is 0 Å². The van der Waals surface area contributed by atoms with E-state index in [0.29, 0.717) is 6.42 Å². The van der Waals surface area contributed by atoms with Gasteiger partial charge in [0.15, 0.2) is 5.78 Å². The summed E-state index contributed by atoms with van der Waals surface area (Å²) in [5.74, 6) is 1.01. The van der Waals surface area contributed by atoms with Crippen LogP contribution in [0.5, 0.6) is 0 Å². The molecular weight excluding hydrogens is 222 g/mol. The fourth-order valence-corrected chi connectivity index (χ4v) is 1.87. The number of carbonyl (C=O) groups is 1. The highest BCUT2D eigenvalue weighted by Gasteiger charge is 2.06. The average Bonchev–Trinajstić information content (AvgIpc) is 2.37. The molecule has 0 heterocycles. The Morgan fingerprint density at radius 1 is 1.17 bits per heavy atom. The van der Waals surface area contributed by atoms with Crippen LogP contribution >= 0.6 is 0 Å². The number of hydrogen-bond acceptors (Lipinski definition) is 2. The lowest BCUT2D eigenvalue weighted by Gasteiger charge is -2.17. The molecule has 100 valence electrons. The number of rotatable bonds is 8. The molecule has 0 spiro atoms. The van der Waals surface area contributed by atoms with Gasteiger partial charge < -0.3 is 4.90 Å². The third kappa shape index (κ3) is 5.97. The van der Waals surface area contributed by atoms with Crippen molar-refractivity contribution in [1.82, 2.24) is 4.90 Å². The molecule has 0 bridgehead atoms. The summed E-state index contributed by atoms with van der Waals surface area (Å²) >= 11 is 0. The van der Waals surface area contributed by atoms with Crippen LogP contribution in [0.1, 0.15) is 43.5 Å². The largest absolute Gasteiger partial charge is 0.306 e. The van der Waals surface area contributed by atoms with Crippen molar-refractivity contribution in [1.29, 1.82) is 0 Å². The molecule has 18 heavy (non-hydrogen) atoms. The molecule has 1 aromatic rings. The fourth-order valence-electron chi connectivity index (χ4n) is 1.87. The van der Waals surface area contributed by atoms with Gasteiger partial charge in [-0.25, -0.2) is 0 Å². The second-order valence-corrected chi connectivity index (χ2v) is 5.38. The molecule has 0 aliphatic carbocycles. The van der Waals surface area contributed by atoms with Crippen molar-refractivity contribution in [2.45, 2.75) is 33.1 Å². The average molecular weight is 247 g/mol. The van der Waals surface area contributed by atoms with E-state index in [2.05, 4.69) is 25.8 Å². The van der Waals surface area contributed by atoms with Crippen molar-refractivity contribution in [3.63, 3.8) is 0 Å². The van der Waals surface area contributed by atoms with E-state index in [1.165, 1.54) is 6.42 Å². The zero-order valence-electron chi connectivity index (χ0n) is 11.9. The highest BCUT2D eigenvalue weighted by atomic mass is 16.1. The van der Waals surface area contributed by atoms with Gasteiger partial charge in [0.25, 0.3) is 0 Å². The quantitative estimate of drug-likeness (QED) is 0.654. The molecule has 0 N–H and O–H groups in total. The fraction of sp³-hybridized carbons (Fsp3) is 0.562. The minimum absolute atomic E-state index is 0.257. The van der Waals surface area contributed by atoms with Crippen molar-refractivity contribution in [3.8, 4) is 0 Å². The Labute approximate surface area is 111 Å². The first kappa shape index (κ1) is 14.9. The van der Waals surface area contributed by atoms with Gasteiger partial charge in [-0.05, 0) is 38.9 Å². The molecule has 0 aliphatic heterocycles. The summed E-state index contributed by atoms with van der Waals surface area (Å²) in [5.41, 5.74) is 0.835. The summed E-state index contributed by atoms with van der Waals surface area (Å²) < 4.78 is 0. The molecule has 2 nitrogen and oxygen atoms in total. The predicted molar refractivity (Wildman–Crippen MR) is 77.0 cm³/mol. The maximum absolute atomic E-state index is 11.9. The van der Waals surface area contributed by atoms with Gasteiger partial charge in [-0.15, -0.1) is 0 Å². The van der Waals surface area contributed by atoms with Crippen LogP contribution < -0.4 is 0 Å². The molecule has 0 fully saturated rings. The molecule has 2 heteroatoms. The van der Waals surface area contributed by atoms with Crippen molar-refractivity contribution in [2.24, 2.45) is 5.92 Å². The maximum Gasteiger partial charge on any atom is 0.162 e. The van der Waals surface area contributed by atoms with Gasteiger partial charge in [-0.3, -0.25) is 4.79 Å². The lowest BCUT2D eigenvalue weighted by Crippen LogP contribution is -2.22. The minimum atomic E-state index is 0.257. The van der Waals surface area contributed by atoms with Gasteiger partial charge in [0.1, 0.15) is 0 Å². The van der Waals surface area contributed by atoms with Crippen LogP contribution in [-0.2, 0) is 0 Å². The van der Waals surface area contributed by atoms with E-state index in [4.69, 9.17) is 0 Å². The highest BCUT2D eigenvalue weighted by Crippen LogP contribution is 2.06. The smallest absolute Gasteiger partial charge is 0.162 e. The number of carbonyl (C=O) groups excluding carboxylic acids is 1. The van der Waals surface area contributed by atoms with Crippen LogP contribution in [0.15, 0.2) is 30.3 Å². The molecule has 0 aliphatic rings. The number of nitrogens with zero attached hydrogens (tertiary/aromatic N) is 1. The van der Waals surface area contributed by atoms with Crippen LogP contribution in [0.4, 0.5) is 0 Å². The zero-order valence-corrected chi connectivity index (χ0v) is 11.9. The van der Waals surface area contributed by atoms with E-state index in [9.17, 15) is 4.79 Å². The first-order valence-electron chi connectivity index (χ1n) is 6.86. The lowest BCUT2D eigenvalue weighted by molar-refractivity contribution is 0.0976. The normalized spacial score (nSPS) is 11.2. The second kappa shape index (κ2) is 8.04. The molecule has 0 saturated carbocycles. The number of hydrogen-bond donors (Lipinski definition) is 0. The molecule has 1 rings (SSSR count). The molecule has 1 aromatic carbocycles. The molecule has 0 radical (unpaired) electrons.